The molecule has 1 saturated heterocycles. The average molecular weight is 320 g/mol. The summed E-state index contributed by atoms with van der Waals surface area (Å²) in [5.74, 6) is 0.115. The average Bonchev–Trinajstić information content (AvgIpc) is 2.85. The molecule has 1 aromatic heterocycles. The first-order chi connectivity index (χ1) is 10.8. The van der Waals surface area contributed by atoms with Gasteiger partial charge in [-0.3, -0.25) is 4.79 Å². The van der Waals surface area contributed by atoms with Gasteiger partial charge in [0.25, 0.3) is 0 Å². The van der Waals surface area contributed by atoms with Crippen molar-refractivity contribution in [3.63, 3.8) is 0 Å². The largest absolute Gasteiger partial charge is 0.365 e. The SMILES string of the molecule is CC(C)(C)CNC(=O)N1CCCN(C(=O)Cc2ccc[nH]2)CC1. The van der Waals surface area contributed by atoms with Gasteiger partial charge in [-0.25, -0.2) is 4.79 Å². The molecule has 3 amide bonds. The van der Waals surface area contributed by atoms with E-state index in [-0.39, 0.29) is 17.4 Å². The van der Waals surface area contributed by atoms with Gasteiger partial charge in [0.05, 0.1) is 6.42 Å². The van der Waals surface area contributed by atoms with Crippen molar-refractivity contribution in [3.8, 4) is 0 Å². The van der Waals surface area contributed by atoms with Crippen LogP contribution in [0.15, 0.2) is 18.3 Å². The quantitative estimate of drug-likeness (QED) is 0.892. The van der Waals surface area contributed by atoms with Crippen LogP contribution in [-0.4, -0.2) is 59.4 Å². The number of hydrogen-bond donors (Lipinski definition) is 2. The van der Waals surface area contributed by atoms with Gasteiger partial charge in [-0.2, -0.15) is 0 Å². The fraction of sp³-hybridized carbons (Fsp3) is 0.647. The molecule has 0 spiro atoms. The third kappa shape index (κ3) is 5.62. The highest BCUT2D eigenvalue weighted by Gasteiger charge is 2.23. The molecule has 0 radical (unpaired) electrons. The zero-order valence-electron chi connectivity index (χ0n) is 14.4. The molecule has 6 nitrogen and oxygen atoms in total. The van der Waals surface area contributed by atoms with Crippen molar-refractivity contribution in [2.24, 2.45) is 5.41 Å². The number of H-pyrrole nitrogens is 1. The minimum absolute atomic E-state index is 0.0291. The summed E-state index contributed by atoms with van der Waals surface area (Å²) in [7, 11) is 0. The van der Waals surface area contributed by atoms with Crippen LogP contribution >= 0.6 is 0 Å². The van der Waals surface area contributed by atoms with Crippen molar-refractivity contribution in [3.05, 3.63) is 24.0 Å². The lowest BCUT2D eigenvalue weighted by atomic mass is 9.97. The third-order valence-electron chi connectivity index (χ3n) is 3.91. The molecule has 0 bridgehead atoms. The first kappa shape index (κ1) is 17.4. The monoisotopic (exact) mass is 320 g/mol. The molecular weight excluding hydrogens is 292 g/mol. The molecule has 1 aliphatic heterocycles. The van der Waals surface area contributed by atoms with Crippen LogP contribution in [0.5, 0.6) is 0 Å². The summed E-state index contributed by atoms with van der Waals surface area (Å²) in [5, 5.41) is 2.98. The Morgan fingerprint density at radius 2 is 1.87 bits per heavy atom. The van der Waals surface area contributed by atoms with Gasteiger partial charge >= 0.3 is 6.03 Å². The van der Waals surface area contributed by atoms with Gasteiger partial charge < -0.3 is 20.1 Å². The summed E-state index contributed by atoms with van der Waals surface area (Å²) < 4.78 is 0. The lowest BCUT2D eigenvalue weighted by Gasteiger charge is -2.25. The molecule has 1 aromatic rings. The van der Waals surface area contributed by atoms with Crippen LogP contribution in [-0.2, 0) is 11.2 Å². The highest BCUT2D eigenvalue weighted by Crippen LogP contribution is 2.11. The van der Waals surface area contributed by atoms with Crippen LogP contribution in [0.1, 0.15) is 32.9 Å². The molecule has 6 heteroatoms. The summed E-state index contributed by atoms with van der Waals surface area (Å²) in [4.78, 5) is 31.3. The van der Waals surface area contributed by atoms with Gasteiger partial charge in [0.1, 0.15) is 0 Å². The molecule has 128 valence electrons. The van der Waals surface area contributed by atoms with Crippen LogP contribution in [0.4, 0.5) is 4.79 Å². The molecule has 2 N–H and O–H groups in total. The van der Waals surface area contributed by atoms with Gasteiger partial charge in [-0.15, -0.1) is 0 Å². The van der Waals surface area contributed by atoms with E-state index in [1.807, 2.05) is 28.1 Å². The van der Waals surface area contributed by atoms with E-state index < -0.39 is 0 Å². The fourth-order valence-electron chi connectivity index (χ4n) is 2.57. The van der Waals surface area contributed by atoms with E-state index in [1.165, 1.54) is 0 Å². The number of urea groups is 1. The predicted molar refractivity (Wildman–Crippen MR) is 90.1 cm³/mol. The Kier molecular flexibility index (Phi) is 5.69. The first-order valence-corrected chi connectivity index (χ1v) is 8.28. The summed E-state index contributed by atoms with van der Waals surface area (Å²) in [6.07, 6.45) is 3.04. The number of aromatic amines is 1. The second-order valence-electron chi connectivity index (χ2n) is 7.31. The smallest absolute Gasteiger partial charge is 0.317 e. The van der Waals surface area contributed by atoms with Crippen molar-refractivity contribution >= 4 is 11.9 Å². The number of hydrogen-bond acceptors (Lipinski definition) is 2. The lowest BCUT2D eigenvalue weighted by molar-refractivity contribution is -0.130. The number of rotatable bonds is 3. The van der Waals surface area contributed by atoms with E-state index in [0.717, 1.165) is 12.1 Å². The molecule has 1 aliphatic rings. The van der Waals surface area contributed by atoms with Crippen molar-refractivity contribution in [1.29, 1.82) is 0 Å². The molecule has 0 aromatic carbocycles. The maximum absolute atomic E-state index is 12.3. The van der Waals surface area contributed by atoms with E-state index >= 15 is 0 Å². The summed E-state index contributed by atoms with van der Waals surface area (Å²) in [5.41, 5.74) is 0.999. The topological polar surface area (TPSA) is 68.4 Å². The molecule has 0 saturated carbocycles. The number of nitrogens with one attached hydrogen (secondary N) is 2. The van der Waals surface area contributed by atoms with E-state index in [0.29, 0.717) is 39.1 Å². The Morgan fingerprint density at radius 1 is 1.17 bits per heavy atom. The zero-order chi connectivity index (χ0) is 16.9. The maximum atomic E-state index is 12.3. The zero-order valence-corrected chi connectivity index (χ0v) is 14.4. The van der Waals surface area contributed by atoms with Gasteiger partial charge in [-0.05, 0) is 24.0 Å². The first-order valence-electron chi connectivity index (χ1n) is 8.28. The highest BCUT2D eigenvalue weighted by molar-refractivity contribution is 5.79. The third-order valence-corrected chi connectivity index (χ3v) is 3.91. The van der Waals surface area contributed by atoms with E-state index in [2.05, 4.69) is 31.1 Å². The van der Waals surface area contributed by atoms with E-state index in [9.17, 15) is 9.59 Å². The minimum Gasteiger partial charge on any atom is -0.365 e. The molecule has 0 unspecified atom stereocenters. The van der Waals surface area contributed by atoms with Gasteiger partial charge in [-0.1, -0.05) is 20.8 Å². The number of carbonyl (C=O) groups excluding carboxylic acids is 2. The number of aromatic nitrogens is 1. The van der Waals surface area contributed by atoms with Crippen LogP contribution in [0.3, 0.4) is 0 Å². The summed E-state index contributed by atoms with van der Waals surface area (Å²) >= 11 is 0. The van der Waals surface area contributed by atoms with E-state index in [4.69, 9.17) is 0 Å². The second kappa shape index (κ2) is 7.53. The van der Waals surface area contributed by atoms with Crippen LogP contribution in [0, 0.1) is 5.41 Å². The van der Waals surface area contributed by atoms with Gasteiger partial charge in [0.15, 0.2) is 0 Å². The molecule has 0 aliphatic carbocycles. The minimum atomic E-state index is -0.0291. The molecule has 23 heavy (non-hydrogen) atoms. The Balaban J connectivity index is 1.82. The van der Waals surface area contributed by atoms with Crippen LogP contribution < -0.4 is 5.32 Å². The number of carbonyl (C=O) groups is 2. The fourth-order valence-corrected chi connectivity index (χ4v) is 2.57. The normalized spacial score (nSPS) is 16.1. The molecular formula is C17H28N4O2. The lowest BCUT2D eigenvalue weighted by Crippen LogP contribution is -2.45. The number of amides is 3. The predicted octanol–water partition coefficient (Wildman–Crippen LogP) is 1.85. The molecule has 2 rings (SSSR count). The van der Waals surface area contributed by atoms with Crippen LogP contribution in [0.25, 0.3) is 0 Å². The van der Waals surface area contributed by atoms with Gasteiger partial charge in [0.2, 0.25) is 5.91 Å². The van der Waals surface area contributed by atoms with Crippen molar-refractivity contribution in [1.82, 2.24) is 20.1 Å². The Labute approximate surface area is 138 Å². The highest BCUT2D eigenvalue weighted by atomic mass is 16.2. The van der Waals surface area contributed by atoms with Crippen molar-refractivity contribution in [2.45, 2.75) is 33.6 Å². The Bertz CT molecular complexity index is 519. The standard InChI is InChI=1S/C17H28N4O2/c1-17(2,3)13-19-16(23)21-9-5-8-20(10-11-21)15(22)12-14-6-4-7-18-14/h4,6-7,18H,5,8-13H2,1-3H3,(H,19,23). The summed E-state index contributed by atoms with van der Waals surface area (Å²) in [6, 6.07) is 3.78. The molecule has 1 fully saturated rings. The Morgan fingerprint density at radius 3 is 2.52 bits per heavy atom. The Hall–Kier alpha value is -1.98. The van der Waals surface area contributed by atoms with Gasteiger partial charge in [0, 0.05) is 44.6 Å². The second-order valence-corrected chi connectivity index (χ2v) is 7.31. The van der Waals surface area contributed by atoms with Crippen molar-refractivity contribution in [2.75, 3.05) is 32.7 Å². The maximum Gasteiger partial charge on any atom is 0.317 e. The van der Waals surface area contributed by atoms with E-state index in [1.54, 1.807) is 0 Å². The van der Waals surface area contributed by atoms with Crippen molar-refractivity contribution < 1.29 is 9.59 Å². The molecule has 2 heterocycles. The summed E-state index contributed by atoms with van der Waals surface area (Å²) in [6.45, 7) is 9.53. The number of nitrogens with zero attached hydrogens (tertiary/aromatic N) is 2. The van der Waals surface area contributed by atoms with Crippen LogP contribution in [0.2, 0.25) is 0 Å². The molecule has 0 atom stereocenters.